The Morgan fingerprint density at radius 1 is 1.75 bits per heavy atom. The van der Waals surface area contributed by atoms with Crippen molar-refractivity contribution in [2.45, 2.75) is 12.7 Å². The topological polar surface area (TPSA) is 55.8 Å². The van der Waals surface area contributed by atoms with Crippen LogP contribution in [0.25, 0.3) is 0 Å². The highest BCUT2D eigenvalue weighted by molar-refractivity contribution is 5.89. The highest BCUT2D eigenvalue weighted by atomic mass is 19.1. The summed E-state index contributed by atoms with van der Waals surface area (Å²) in [5, 5.41) is 9.63. The molecule has 1 aliphatic heterocycles. The van der Waals surface area contributed by atoms with E-state index in [-0.39, 0.29) is 5.92 Å². The van der Waals surface area contributed by atoms with Gasteiger partial charge in [0.05, 0.1) is 24.9 Å². The molecular formula is C11H13FO4. The zero-order valence-corrected chi connectivity index (χ0v) is 8.85. The van der Waals surface area contributed by atoms with E-state index in [2.05, 4.69) is 4.74 Å². The van der Waals surface area contributed by atoms with E-state index in [1.807, 2.05) is 0 Å². The van der Waals surface area contributed by atoms with Crippen LogP contribution in [0.2, 0.25) is 0 Å². The number of allylic oxidation sites excluding steroid dienone is 1. The van der Waals surface area contributed by atoms with Gasteiger partial charge in [-0.3, -0.25) is 0 Å². The molecule has 0 aromatic rings. The van der Waals surface area contributed by atoms with Crippen LogP contribution in [0, 0.1) is 11.8 Å². The molecule has 88 valence electrons. The van der Waals surface area contributed by atoms with Gasteiger partial charge >= 0.3 is 5.97 Å². The molecule has 0 aromatic heterocycles. The van der Waals surface area contributed by atoms with Gasteiger partial charge in [0, 0.05) is 5.92 Å². The number of carbonyl (C=O) groups is 1. The van der Waals surface area contributed by atoms with Crippen molar-refractivity contribution in [1.82, 2.24) is 0 Å². The van der Waals surface area contributed by atoms with E-state index in [1.54, 1.807) is 6.08 Å². The molecule has 2 rings (SSSR count). The fraction of sp³-hybridized carbons (Fsp3) is 0.545. The number of esters is 1. The van der Waals surface area contributed by atoms with Gasteiger partial charge in [0.1, 0.15) is 6.67 Å². The van der Waals surface area contributed by atoms with Crippen LogP contribution in [0.1, 0.15) is 6.42 Å². The summed E-state index contributed by atoms with van der Waals surface area (Å²) in [6, 6.07) is 0. The van der Waals surface area contributed by atoms with Crippen LogP contribution in [0.5, 0.6) is 0 Å². The zero-order chi connectivity index (χ0) is 11.7. The fourth-order valence-corrected chi connectivity index (χ4v) is 2.30. The SMILES string of the molecule is COC(=O)C1=CO[C@H](O)[C@H]2C(CF)=CC[C@H]12. The number of rotatable bonds is 2. The van der Waals surface area contributed by atoms with Crippen LogP contribution in [-0.2, 0) is 14.3 Å². The molecule has 5 heteroatoms. The molecule has 1 N–H and O–H groups in total. The summed E-state index contributed by atoms with van der Waals surface area (Å²) in [6.45, 7) is -0.629. The van der Waals surface area contributed by atoms with Crippen LogP contribution in [0.4, 0.5) is 4.39 Å². The lowest BCUT2D eigenvalue weighted by Crippen LogP contribution is -2.35. The van der Waals surface area contributed by atoms with Crippen LogP contribution < -0.4 is 0 Å². The van der Waals surface area contributed by atoms with Crippen molar-refractivity contribution < 1.29 is 23.8 Å². The lowest BCUT2D eigenvalue weighted by atomic mass is 9.84. The molecule has 16 heavy (non-hydrogen) atoms. The standard InChI is InChI=1S/C11H13FO4/c1-15-10(13)8-5-16-11(14)9-6(4-12)2-3-7(8)9/h2,5,7,9,11,14H,3-4H2,1H3/t7-,9+,11+/m1/s1. The van der Waals surface area contributed by atoms with Crippen molar-refractivity contribution in [2.24, 2.45) is 11.8 Å². The maximum atomic E-state index is 12.7. The van der Waals surface area contributed by atoms with E-state index in [0.717, 1.165) is 0 Å². The first-order chi connectivity index (χ1) is 7.69. The predicted molar refractivity (Wildman–Crippen MR) is 52.8 cm³/mol. The Hall–Kier alpha value is -1.36. The fourth-order valence-electron chi connectivity index (χ4n) is 2.30. The third-order valence-electron chi connectivity index (χ3n) is 3.11. The van der Waals surface area contributed by atoms with Crippen molar-refractivity contribution in [3.63, 3.8) is 0 Å². The molecule has 0 saturated heterocycles. The molecule has 0 fully saturated rings. The zero-order valence-electron chi connectivity index (χ0n) is 8.85. The average Bonchev–Trinajstić information content (AvgIpc) is 2.73. The summed E-state index contributed by atoms with van der Waals surface area (Å²) in [7, 11) is 1.28. The van der Waals surface area contributed by atoms with E-state index < -0.39 is 24.9 Å². The van der Waals surface area contributed by atoms with Gasteiger partial charge in [0.15, 0.2) is 0 Å². The highest BCUT2D eigenvalue weighted by Gasteiger charge is 2.43. The molecular weight excluding hydrogens is 215 g/mol. The molecule has 0 aromatic carbocycles. The number of carbonyl (C=O) groups excluding carboxylic acids is 1. The van der Waals surface area contributed by atoms with Crippen molar-refractivity contribution in [1.29, 1.82) is 0 Å². The van der Waals surface area contributed by atoms with Gasteiger partial charge in [0.2, 0.25) is 6.29 Å². The smallest absolute Gasteiger partial charge is 0.337 e. The van der Waals surface area contributed by atoms with Gasteiger partial charge in [-0.1, -0.05) is 6.08 Å². The molecule has 0 saturated carbocycles. The van der Waals surface area contributed by atoms with E-state index in [4.69, 9.17) is 4.74 Å². The van der Waals surface area contributed by atoms with Gasteiger partial charge in [-0.15, -0.1) is 0 Å². The molecule has 0 unspecified atom stereocenters. The molecule has 0 spiro atoms. The molecule has 4 nitrogen and oxygen atoms in total. The molecule has 1 heterocycles. The maximum Gasteiger partial charge on any atom is 0.337 e. The van der Waals surface area contributed by atoms with Gasteiger partial charge in [-0.05, 0) is 12.0 Å². The first-order valence-corrected chi connectivity index (χ1v) is 5.05. The van der Waals surface area contributed by atoms with Crippen molar-refractivity contribution in [2.75, 3.05) is 13.8 Å². The number of aliphatic hydroxyl groups excluding tert-OH is 1. The Kier molecular flexibility index (Phi) is 2.96. The lowest BCUT2D eigenvalue weighted by Gasteiger charge is -2.31. The summed E-state index contributed by atoms with van der Waals surface area (Å²) >= 11 is 0. The summed E-state index contributed by atoms with van der Waals surface area (Å²) in [4.78, 5) is 11.4. The van der Waals surface area contributed by atoms with E-state index >= 15 is 0 Å². The van der Waals surface area contributed by atoms with Gasteiger partial charge in [0.25, 0.3) is 0 Å². The average molecular weight is 228 g/mol. The number of hydrogen-bond acceptors (Lipinski definition) is 4. The first-order valence-electron chi connectivity index (χ1n) is 5.05. The molecule has 0 bridgehead atoms. The maximum absolute atomic E-state index is 12.7. The minimum absolute atomic E-state index is 0.234. The molecule has 3 atom stereocenters. The quantitative estimate of drug-likeness (QED) is 0.564. The number of halogens is 1. The number of fused-ring (bicyclic) bond motifs is 1. The number of aliphatic hydroxyl groups is 1. The molecule has 1 aliphatic carbocycles. The summed E-state index contributed by atoms with van der Waals surface area (Å²) in [6.07, 6.45) is 2.38. The second-order valence-corrected chi connectivity index (χ2v) is 3.87. The predicted octanol–water partition coefficient (Wildman–Crippen LogP) is 0.924. The minimum atomic E-state index is -1.08. The summed E-state index contributed by atoms with van der Waals surface area (Å²) in [5.74, 6) is -1.19. The molecule has 0 amide bonds. The largest absolute Gasteiger partial charge is 0.472 e. The van der Waals surface area contributed by atoms with E-state index in [9.17, 15) is 14.3 Å². The monoisotopic (exact) mass is 228 g/mol. The Balaban J connectivity index is 2.26. The van der Waals surface area contributed by atoms with Gasteiger partial charge in [-0.2, -0.15) is 0 Å². The first kappa shape index (κ1) is 11.1. The van der Waals surface area contributed by atoms with Crippen LogP contribution >= 0.6 is 0 Å². The van der Waals surface area contributed by atoms with Gasteiger partial charge in [-0.25, -0.2) is 9.18 Å². The highest BCUT2D eigenvalue weighted by Crippen LogP contribution is 2.42. The second-order valence-electron chi connectivity index (χ2n) is 3.87. The molecule has 2 aliphatic rings. The number of methoxy groups -OCH3 is 1. The van der Waals surface area contributed by atoms with Gasteiger partial charge < -0.3 is 14.6 Å². The second kappa shape index (κ2) is 4.25. The summed E-state index contributed by atoms with van der Waals surface area (Å²) in [5.41, 5.74) is 0.851. The van der Waals surface area contributed by atoms with Crippen LogP contribution in [0.3, 0.4) is 0 Å². The third-order valence-corrected chi connectivity index (χ3v) is 3.11. The number of alkyl halides is 1. The minimum Gasteiger partial charge on any atom is -0.472 e. The normalized spacial score (nSPS) is 32.3. The Labute approximate surface area is 92.3 Å². The van der Waals surface area contributed by atoms with E-state index in [1.165, 1.54) is 13.4 Å². The van der Waals surface area contributed by atoms with Crippen molar-refractivity contribution >= 4 is 5.97 Å². The molecule has 0 radical (unpaired) electrons. The third kappa shape index (κ3) is 1.61. The van der Waals surface area contributed by atoms with Crippen molar-refractivity contribution in [3.05, 3.63) is 23.5 Å². The summed E-state index contributed by atoms with van der Waals surface area (Å²) < 4.78 is 22.2. The van der Waals surface area contributed by atoms with Crippen molar-refractivity contribution in [3.8, 4) is 0 Å². The van der Waals surface area contributed by atoms with Crippen LogP contribution in [0.15, 0.2) is 23.5 Å². The number of hydrogen-bond donors (Lipinski definition) is 1. The Morgan fingerprint density at radius 2 is 2.50 bits per heavy atom. The Morgan fingerprint density at radius 3 is 3.12 bits per heavy atom. The van der Waals surface area contributed by atoms with E-state index in [0.29, 0.717) is 17.6 Å². The number of ether oxygens (including phenoxy) is 2. The Bertz CT molecular complexity index is 361. The van der Waals surface area contributed by atoms with Crippen LogP contribution in [-0.4, -0.2) is 31.2 Å². The lowest BCUT2D eigenvalue weighted by molar-refractivity contribution is -0.141.